The van der Waals surface area contributed by atoms with Gasteiger partial charge in [-0.3, -0.25) is 4.79 Å². The molecule has 3 aromatic rings. The number of rotatable bonds is 5. The minimum Gasteiger partial charge on any atom is -0.484 e. The van der Waals surface area contributed by atoms with Crippen molar-refractivity contribution in [3.63, 3.8) is 0 Å². The van der Waals surface area contributed by atoms with E-state index < -0.39 is 15.1 Å². The number of fused-ring (bicyclic) bond motifs is 1. The zero-order chi connectivity index (χ0) is 20.4. The fourth-order valence-corrected chi connectivity index (χ4v) is 5.34. The third-order valence-electron chi connectivity index (χ3n) is 5.16. The topological polar surface area (TPSA) is 63.7 Å². The number of likely N-dealkylation sites (tertiary alicyclic amines) is 1. The number of ether oxygens (including phenoxy) is 1. The van der Waals surface area contributed by atoms with Crippen LogP contribution in [-0.4, -0.2) is 44.2 Å². The molecule has 1 unspecified atom stereocenters. The van der Waals surface area contributed by atoms with E-state index in [9.17, 15) is 13.2 Å². The highest BCUT2D eigenvalue weighted by atomic mass is 35.5. The van der Waals surface area contributed by atoms with E-state index in [0.717, 1.165) is 10.8 Å². The molecular formula is C22H20ClNO4S. The van der Waals surface area contributed by atoms with Crippen LogP contribution in [0.25, 0.3) is 10.8 Å². The first-order chi connectivity index (χ1) is 13.9. The van der Waals surface area contributed by atoms with Gasteiger partial charge in [0.2, 0.25) is 0 Å². The fourth-order valence-electron chi connectivity index (χ4n) is 3.52. The summed E-state index contributed by atoms with van der Waals surface area (Å²) in [4.78, 5) is 14.3. The number of hydrogen-bond acceptors (Lipinski definition) is 4. The average molecular weight is 430 g/mol. The summed E-state index contributed by atoms with van der Waals surface area (Å²) < 4.78 is 31.3. The number of sulfone groups is 1. The Morgan fingerprint density at radius 3 is 2.52 bits per heavy atom. The van der Waals surface area contributed by atoms with E-state index >= 15 is 0 Å². The van der Waals surface area contributed by atoms with Crippen molar-refractivity contribution < 1.29 is 17.9 Å². The van der Waals surface area contributed by atoms with Gasteiger partial charge in [0.25, 0.3) is 5.91 Å². The van der Waals surface area contributed by atoms with E-state index in [-0.39, 0.29) is 24.0 Å². The van der Waals surface area contributed by atoms with Crippen molar-refractivity contribution in [2.75, 3.05) is 19.7 Å². The third kappa shape index (κ3) is 4.23. The Kier molecular flexibility index (Phi) is 5.48. The second kappa shape index (κ2) is 8.05. The highest BCUT2D eigenvalue weighted by Gasteiger charge is 2.36. The van der Waals surface area contributed by atoms with Gasteiger partial charge in [0.05, 0.1) is 10.1 Å². The molecule has 1 aliphatic heterocycles. The number of carbonyl (C=O) groups is 1. The van der Waals surface area contributed by atoms with Crippen LogP contribution in [0.3, 0.4) is 0 Å². The molecule has 0 aliphatic carbocycles. The minimum atomic E-state index is -3.51. The first kappa shape index (κ1) is 19.7. The molecule has 0 bridgehead atoms. The lowest BCUT2D eigenvalue weighted by atomic mass is 10.1. The zero-order valence-electron chi connectivity index (χ0n) is 15.6. The molecule has 1 amide bonds. The number of benzene rings is 3. The lowest BCUT2D eigenvalue weighted by molar-refractivity contribution is -0.132. The van der Waals surface area contributed by atoms with Crippen LogP contribution < -0.4 is 4.74 Å². The molecule has 1 saturated heterocycles. The molecule has 1 aliphatic rings. The van der Waals surface area contributed by atoms with Crippen LogP contribution in [0.4, 0.5) is 0 Å². The monoisotopic (exact) mass is 429 g/mol. The quantitative estimate of drug-likeness (QED) is 0.616. The fraction of sp³-hybridized carbons (Fsp3) is 0.227. The lowest BCUT2D eigenvalue weighted by Gasteiger charge is -2.17. The van der Waals surface area contributed by atoms with Gasteiger partial charge >= 0.3 is 0 Å². The van der Waals surface area contributed by atoms with Gasteiger partial charge in [0.15, 0.2) is 16.4 Å². The summed E-state index contributed by atoms with van der Waals surface area (Å²) in [6.07, 6.45) is 0.409. The molecule has 1 fully saturated rings. The Bertz CT molecular complexity index is 1140. The molecule has 3 aromatic carbocycles. The molecule has 5 nitrogen and oxygen atoms in total. The van der Waals surface area contributed by atoms with Crippen LogP contribution in [0.5, 0.6) is 5.75 Å². The molecule has 0 saturated carbocycles. The maximum atomic E-state index is 12.8. The smallest absolute Gasteiger partial charge is 0.260 e. The summed E-state index contributed by atoms with van der Waals surface area (Å²) in [6, 6.07) is 19.7. The predicted octanol–water partition coefficient (Wildman–Crippen LogP) is 3.95. The maximum Gasteiger partial charge on any atom is 0.260 e. The maximum absolute atomic E-state index is 12.8. The summed E-state index contributed by atoms with van der Waals surface area (Å²) in [7, 11) is -3.51. The number of carbonyl (C=O) groups excluding carboxylic acids is 1. The van der Waals surface area contributed by atoms with Crippen LogP contribution in [0.15, 0.2) is 71.6 Å². The molecule has 0 N–H and O–H groups in total. The normalized spacial score (nSPS) is 16.9. The van der Waals surface area contributed by atoms with E-state index in [1.165, 1.54) is 12.1 Å². The summed E-state index contributed by atoms with van der Waals surface area (Å²) in [5.74, 6) is 0.397. The second-order valence-electron chi connectivity index (χ2n) is 7.05. The summed E-state index contributed by atoms with van der Waals surface area (Å²) in [6.45, 7) is 0.453. The minimum absolute atomic E-state index is 0.119. The molecule has 1 heterocycles. The van der Waals surface area contributed by atoms with E-state index in [1.807, 2.05) is 42.5 Å². The Morgan fingerprint density at radius 1 is 1.03 bits per heavy atom. The highest BCUT2D eigenvalue weighted by Crippen LogP contribution is 2.25. The van der Waals surface area contributed by atoms with Gasteiger partial charge in [0, 0.05) is 18.1 Å². The molecule has 0 radical (unpaired) electrons. The van der Waals surface area contributed by atoms with Gasteiger partial charge in [-0.05, 0) is 53.6 Å². The lowest BCUT2D eigenvalue weighted by Crippen LogP contribution is -2.35. The van der Waals surface area contributed by atoms with E-state index in [4.69, 9.17) is 16.3 Å². The second-order valence-corrected chi connectivity index (χ2v) is 9.71. The van der Waals surface area contributed by atoms with Gasteiger partial charge in [-0.25, -0.2) is 8.42 Å². The van der Waals surface area contributed by atoms with Crippen molar-refractivity contribution in [1.29, 1.82) is 0 Å². The van der Waals surface area contributed by atoms with Gasteiger partial charge in [0.1, 0.15) is 5.75 Å². The van der Waals surface area contributed by atoms with Crippen molar-refractivity contribution in [2.24, 2.45) is 0 Å². The Morgan fingerprint density at radius 2 is 1.76 bits per heavy atom. The summed E-state index contributed by atoms with van der Waals surface area (Å²) in [5, 5.41) is 2.00. The summed E-state index contributed by atoms with van der Waals surface area (Å²) in [5.41, 5.74) is 0. The van der Waals surface area contributed by atoms with Gasteiger partial charge in [-0.2, -0.15) is 0 Å². The molecule has 4 rings (SSSR count). The van der Waals surface area contributed by atoms with Gasteiger partial charge in [-0.1, -0.05) is 41.9 Å². The van der Waals surface area contributed by atoms with Gasteiger partial charge in [-0.15, -0.1) is 0 Å². The third-order valence-corrected chi connectivity index (χ3v) is 7.61. The van der Waals surface area contributed by atoms with E-state index in [1.54, 1.807) is 17.0 Å². The molecule has 150 valence electrons. The molecule has 7 heteroatoms. The average Bonchev–Trinajstić information content (AvgIpc) is 3.23. The van der Waals surface area contributed by atoms with Crippen molar-refractivity contribution in [3.05, 3.63) is 71.8 Å². The molecule has 29 heavy (non-hydrogen) atoms. The van der Waals surface area contributed by atoms with E-state index in [0.29, 0.717) is 23.7 Å². The molecule has 0 aromatic heterocycles. The number of halogens is 1. The first-order valence-corrected chi connectivity index (χ1v) is 11.2. The Hall–Kier alpha value is -2.57. The predicted molar refractivity (Wildman–Crippen MR) is 113 cm³/mol. The number of amides is 1. The number of nitrogens with zero attached hydrogens (tertiary/aromatic N) is 1. The van der Waals surface area contributed by atoms with Gasteiger partial charge < -0.3 is 9.64 Å². The van der Waals surface area contributed by atoms with Crippen molar-refractivity contribution in [3.8, 4) is 5.75 Å². The van der Waals surface area contributed by atoms with Crippen LogP contribution in [0, 0.1) is 0 Å². The largest absolute Gasteiger partial charge is 0.484 e. The van der Waals surface area contributed by atoms with Crippen LogP contribution in [0.2, 0.25) is 5.02 Å². The zero-order valence-corrected chi connectivity index (χ0v) is 17.2. The molecule has 1 atom stereocenters. The number of hydrogen-bond donors (Lipinski definition) is 0. The SMILES string of the molecule is O=C(COc1ccc2ccccc2c1)N1CCC(S(=O)(=O)c2ccc(Cl)cc2)C1. The molecular weight excluding hydrogens is 410 g/mol. The van der Waals surface area contributed by atoms with Crippen LogP contribution >= 0.6 is 11.6 Å². The van der Waals surface area contributed by atoms with Crippen molar-refractivity contribution >= 4 is 38.1 Å². The first-order valence-electron chi connectivity index (χ1n) is 9.32. The molecule has 0 spiro atoms. The Balaban J connectivity index is 1.38. The van der Waals surface area contributed by atoms with Crippen LogP contribution in [0.1, 0.15) is 6.42 Å². The van der Waals surface area contributed by atoms with Crippen molar-refractivity contribution in [1.82, 2.24) is 4.90 Å². The summed E-state index contributed by atoms with van der Waals surface area (Å²) >= 11 is 5.84. The van der Waals surface area contributed by atoms with Crippen LogP contribution in [-0.2, 0) is 14.6 Å². The van der Waals surface area contributed by atoms with Crippen molar-refractivity contribution in [2.45, 2.75) is 16.6 Å². The highest BCUT2D eigenvalue weighted by molar-refractivity contribution is 7.92. The van der Waals surface area contributed by atoms with E-state index in [2.05, 4.69) is 0 Å². The standard InChI is InChI=1S/C22H20ClNO4S/c23-18-6-9-20(10-7-18)29(26,27)21-11-12-24(14-21)22(25)15-28-19-8-5-16-3-1-2-4-17(16)13-19/h1-10,13,21H,11-12,14-15H2. The Labute approximate surface area is 174 Å².